The lowest BCUT2D eigenvalue weighted by atomic mass is 9.72. The summed E-state index contributed by atoms with van der Waals surface area (Å²) < 4.78 is 0. The first-order valence-electron chi connectivity index (χ1n) is 7.38. The third-order valence-electron chi connectivity index (χ3n) is 4.72. The molecule has 0 aromatic heterocycles. The van der Waals surface area contributed by atoms with Crippen LogP contribution in [0.3, 0.4) is 0 Å². The smallest absolute Gasteiger partial charge is 0.144 e. The lowest BCUT2D eigenvalue weighted by molar-refractivity contribution is -0.129. The van der Waals surface area contributed by atoms with Crippen LogP contribution in [0.25, 0.3) is 0 Å². The van der Waals surface area contributed by atoms with Gasteiger partial charge in [0.25, 0.3) is 0 Å². The molecule has 1 heterocycles. The topological polar surface area (TPSA) is 29.1 Å². The van der Waals surface area contributed by atoms with E-state index in [1.54, 1.807) is 0 Å². The molecule has 1 aliphatic heterocycles. The molecular weight excluding hydrogens is 234 g/mol. The van der Waals surface area contributed by atoms with Crippen molar-refractivity contribution in [2.75, 3.05) is 13.1 Å². The van der Waals surface area contributed by atoms with Crippen molar-refractivity contribution in [2.24, 2.45) is 5.41 Å². The number of nitrogens with one attached hydrogen (secondary N) is 1. The molecule has 1 unspecified atom stereocenters. The molecule has 2 heteroatoms. The van der Waals surface area contributed by atoms with Crippen molar-refractivity contribution in [3.8, 4) is 0 Å². The minimum atomic E-state index is -0.132. The Bertz CT molecular complexity index is 438. The van der Waals surface area contributed by atoms with Gasteiger partial charge >= 0.3 is 0 Å². The molecule has 0 bridgehead atoms. The Kier molecular flexibility index (Phi) is 4.41. The van der Waals surface area contributed by atoms with Crippen LogP contribution in [-0.2, 0) is 11.2 Å². The van der Waals surface area contributed by atoms with Crippen LogP contribution in [-0.4, -0.2) is 18.9 Å². The van der Waals surface area contributed by atoms with E-state index in [1.165, 1.54) is 16.7 Å². The maximum absolute atomic E-state index is 12.8. The highest BCUT2D eigenvalue weighted by Gasteiger charge is 2.37. The highest BCUT2D eigenvalue weighted by molar-refractivity contribution is 5.87. The highest BCUT2D eigenvalue weighted by atomic mass is 16.1. The van der Waals surface area contributed by atoms with Crippen molar-refractivity contribution < 1.29 is 4.79 Å². The average Bonchev–Trinajstić information content (AvgIpc) is 2.43. The molecule has 1 fully saturated rings. The van der Waals surface area contributed by atoms with Gasteiger partial charge < -0.3 is 5.32 Å². The lowest BCUT2D eigenvalue weighted by Gasteiger charge is -2.35. The Labute approximate surface area is 116 Å². The van der Waals surface area contributed by atoms with E-state index in [0.717, 1.165) is 32.4 Å². The Morgan fingerprint density at radius 3 is 2.53 bits per heavy atom. The van der Waals surface area contributed by atoms with E-state index in [0.29, 0.717) is 12.2 Å². The van der Waals surface area contributed by atoms with Gasteiger partial charge in [0.2, 0.25) is 0 Å². The summed E-state index contributed by atoms with van der Waals surface area (Å²) in [7, 11) is 0. The molecule has 1 N–H and O–H groups in total. The van der Waals surface area contributed by atoms with Crippen LogP contribution in [0.1, 0.15) is 42.9 Å². The van der Waals surface area contributed by atoms with Crippen molar-refractivity contribution in [3.63, 3.8) is 0 Å². The van der Waals surface area contributed by atoms with Crippen LogP contribution in [0, 0.1) is 19.3 Å². The van der Waals surface area contributed by atoms with Crippen LogP contribution in [0.2, 0.25) is 0 Å². The Morgan fingerprint density at radius 2 is 2.00 bits per heavy atom. The van der Waals surface area contributed by atoms with Gasteiger partial charge in [-0.3, -0.25) is 4.79 Å². The van der Waals surface area contributed by atoms with E-state index in [4.69, 9.17) is 0 Å². The fraction of sp³-hybridized carbons (Fsp3) is 0.588. The van der Waals surface area contributed by atoms with E-state index in [-0.39, 0.29) is 5.41 Å². The van der Waals surface area contributed by atoms with Gasteiger partial charge in [-0.25, -0.2) is 0 Å². The van der Waals surface area contributed by atoms with Gasteiger partial charge in [0.1, 0.15) is 5.78 Å². The molecule has 104 valence electrons. The molecule has 1 aromatic carbocycles. The summed E-state index contributed by atoms with van der Waals surface area (Å²) >= 11 is 0. The minimum Gasteiger partial charge on any atom is -0.316 e. The fourth-order valence-corrected chi connectivity index (χ4v) is 3.18. The average molecular weight is 259 g/mol. The van der Waals surface area contributed by atoms with Gasteiger partial charge in [0.15, 0.2) is 0 Å². The molecule has 1 aliphatic rings. The van der Waals surface area contributed by atoms with Crippen LogP contribution in [0.15, 0.2) is 18.2 Å². The summed E-state index contributed by atoms with van der Waals surface area (Å²) in [6.07, 6.45) is 3.70. The first-order chi connectivity index (χ1) is 9.09. The number of carbonyl (C=O) groups is 1. The van der Waals surface area contributed by atoms with Crippen molar-refractivity contribution in [2.45, 2.75) is 46.5 Å². The van der Waals surface area contributed by atoms with Gasteiger partial charge in [-0.15, -0.1) is 0 Å². The summed E-state index contributed by atoms with van der Waals surface area (Å²) in [6.45, 7) is 8.27. The number of rotatable bonds is 4. The van der Waals surface area contributed by atoms with E-state index in [1.807, 2.05) is 0 Å². The summed E-state index contributed by atoms with van der Waals surface area (Å²) in [6, 6.07) is 6.27. The predicted molar refractivity (Wildman–Crippen MR) is 79.5 cm³/mol. The van der Waals surface area contributed by atoms with Crippen LogP contribution in [0.4, 0.5) is 0 Å². The molecule has 2 rings (SSSR count). The number of Topliss-reactive ketones (excluding diaryl/α,β-unsaturated/α-hetero) is 1. The normalized spacial score (nSPS) is 23.3. The largest absolute Gasteiger partial charge is 0.316 e. The number of piperidine rings is 1. The van der Waals surface area contributed by atoms with Gasteiger partial charge in [-0.2, -0.15) is 0 Å². The van der Waals surface area contributed by atoms with Gasteiger partial charge in [-0.05, 0) is 56.3 Å². The minimum absolute atomic E-state index is 0.132. The van der Waals surface area contributed by atoms with Crippen LogP contribution < -0.4 is 5.32 Å². The monoisotopic (exact) mass is 259 g/mol. The molecule has 0 spiro atoms. The Morgan fingerprint density at radius 1 is 1.32 bits per heavy atom. The summed E-state index contributed by atoms with van der Waals surface area (Å²) in [5.41, 5.74) is 3.57. The molecule has 1 atom stereocenters. The molecule has 1 saturated heterocycles. The van der Waals surface area contributed by atoms with Gasteiger partial charge in [0.05, 0.1) is 0 Å². The molecule has 0 amide bonds. The van der Waals surface area contributed by atoms with Gasteiger partial charge in [0, 0.05) is 18.4 Å². The van der Waals surface area contributed by atoms with Crippen molar-refractivity contribution in [1.29, 1.82) is 0 Å². The Balaban J connectivity index is 2.20. The second kappa shape index (κ2) is 5.87. The quantitative estimate of drug-likeness (QED) is 0.899. The van der Waals surface area contributed by atoms with E-state index < -0.39 is 0 Å². The van der Waals surface area contributed by atoms with E-state index >= 15 is 0 Å². The van der Waals surface area contributed by atoms with Crippen LogP contribution >= 0.6 is 0 Å². The van der Waals surface area contributed by atoms with Crippen LogP contribution in [0.5, 0.6) is 0 Å². The summed E-state index contributed by atoms with van der Waals surface area (Å²) in [4.78, 5) is 12.8. The van der Waals surface area contributed by atoms with Gasteiger partial charge in [-0.1, -0.05) is 25.1 Å². The lowest BCUT2D eigenvalue weighted by Crippen LogP contribution is -2.45. The molecule has 0 saturated carbocycles. The zero-order valence-electron chi connectivity index (χ0n) is 12.4. The zero-order chi connectivity index (χ0) is 13.9. The molecule has 0 aliphatic carbocycles. The predicted octanol–water partition coefficient (Wildman–Crippen LogP) is 3.19. The highest BCUT2D eigenvalue weighted by Crippen LogP contribution is 2.33. The third-order valence-corrected chi connectivity index (χ3v) is 4.72. The zero-order valence-corrected chi connectivity index (χ0v) is 12.4. The maximum atomic E-state index is 12.8. The fourth-order valence-electron chi connectivity index (χ4n) is 3.18. The summed E-state index contributed by atoms with van der Waals surface area (Å²) in [5, 5.41) is 3.40. The standard InChI is InChI=1S/C17H25NO/c1-4-17(9-6-10-18-12-17)16(19)11-15-13(2)7-5-8-14(15)3/h5,7-8,18H,4,6,9-12H2,1-3H3. The number of hydrogen-bond donors (Lipinski definition) is 1. The molecule has 0 radical (unpaired) electrons. The number of carbonyl (C=O) groups excluding carboxylic acids is 1. The first kappa shape index (κ1) is 14.3. The first-order valence-corrected chi connectivity index (χ1v) is 7.38. The Hall–Kier alpha value is -1.15. The molecule has 19 heavy (non-hydrogen) atoms. The number of hydrogen-bond acceptors (Lipinski definition) is 2. The summed E-state index contributed by atoms with van der Waals surface area (Å²) in [5.74, 6) is 0.416. The second-order valence-electron chi connectivity index (χ2n) is 5.88. The second-order valence-corrected chi connectivity index (χ2v) is 5.88. The van der Waals surface area contributed by atoms with Crippen molar-refractivity contribution in [1.82, 2.24) is 5.32 Å². The van der Waals surface area contributed by atoms with Crippen molar-refractivity contribution in [3.05, 3.63) is 34.9 Å². The maximum Gasteiger partial charge on any atom is 0.144 e. The molecule has 1 aromatic rings. The van der Waals surface area contributed by atoms with E-state index in [2.05, 4.69) is 44.3 Å². The number of aryl methyl sites for hydroxylation is 2. The molecular formula is C17H25NO. The number of ketones is 1. The third kappa shape index (κ3) is 2.89. The number of benzene rings is 1. The SMILES string of the molecule is CCC1(C(=O)Cc2c(C)cccc2C)CCCNC1. The van der Waals surface area contributed by atoms with Crippen molar-refractivity contribution >= 4 is 5.78 Å². The molecule has 2 nitrogen and oxygen atoms in total. The van der Waals surface area contributed by atoms with E-state index in [9.17, 15) is 4.79 Å².